The zero-order valence-electron chi connectivity index (χ0n) is 43.5. The van der Waals surface area contributed by atoms with E-state index in [1.54, 1.807) is 64.3 Å². The molecule has 0 saturated carbocycles. The highest BCUT2D eigenvalue weighted by molar-refractivity contribution is 7.98. The Morgan fingerprint density at radius 1 is 0.526 bits per heavy atom. The Kier molecular flexibility index (Phi) is 28.2. The van der Waals surface area contributed by atoms with Gasteiger partial charge in [-0.25, -0.2) is 4.79 Å². The van der Waals surface area contributed by atoms with Gasteiger partial charge in [-0.15, -0.1) is 0 Å². The highest BCUT2D eigenvalue weighted by Gasteiger charge is 2.36. The van der Waals surface area contributed by atoms with Crippen LogP contribution in [0.3, 0.4) is 0 Å². The second-order valence-electron chi connectivity index (χ2n) is 18.5. The summed E-state index contributed by atoms with van der Waals surface area (Å²) in [5, 5.41) is 47.6. The summed E-state index contributed by atoms with van der Waals surface area (Å²) >= 11 is 1.30. The molecule has 0 aliphatic rings. The number of aliphatic carboxylic acids is 2. The summed E-state index contributed by atoms with van der Waals surface area (Å²) in [7, 11) is 0. The lowest BCUT2D eigenvalue weighted by Gasteiger charge is -2.28. The highest BCUT2D eigenvalue weighted by atomic mass is 32.2. The van der Waals surface area contributed by atoms with E-state index >= 15 is 0 Å². The van der Waals surface area contributed by atoms with Crippen LogP contribution in [0, 0.1) is 11.8 Å². The fourth-order valence-electron chi connectivity index (χ4n) is 7.27. The first-order chi connectivity index (χ1) is 35.8. The van der Waals surface area contributed by atoms with Gasteiger partial charge in [0.2, 0.25) is 41.4 Å². The van der Waals surface area contributed by atoms with Crippen LogP contribution in [0.5, 0.6) is 5.75 Å². The second kappa shape index (κ2) is 33.3. The number of aromatic hydroxyl groups is 1. The van der Waals surface area contributed by atoms with Gasteiger partial charge in [-0.2, -0.15) is 11.8 Å². The Morgan fingerprint density at radius 3 is 1.39 bits per heavy atom. The Bertz CT molecular complexity index is 2320. The average Bonchev–Trinajstić information content (AvgIpc) is 3.35. The molecule has 2 rings (SSSR count). The van der Waals surface area contributed by atoms with Gasteiger partial charge < -0.3 is 81.2 Å². The molecule has 0 aromatic heterocycles. The van der Waals surface area contributed by atoms with E-state index in [-0.39, 0.29) is 87.4 Å². The van der Waals surface area contributed by atoms with Gasteiger partial charge in [-0.3, -0.25) is 48.3 Å². The van der Waals surface area contributed by atoms with Gasteiger partial charge in [0.15, 0.2) is 11.9 Å². The van der Waals surface area contributed by atoms with Crippen LogP contribution in [0.25, 0.3) is 0 Å². The Labute approximate surface area is 445 Å². The smallest absolute Gasteiger partial charge is 0.326 e. The number of carbonyl (C=O) groups excluding carboxylic acids is 7. The maximum Gasteiger partial charge on any atom is 0.326 e. The molecular formula is C49H76N14O12S. The number of carboxylic acid groups (broad SMARTS) is 2. The molecule has 0 aliphatic carbocycles. The van der Waals surface area contributed by atoms with E-state index in [0.29, 0.717) is 11.1 Å². The second-order valence-corrected chi connectivity index (χ2v) is 19.5. The maximum atomic E-state index is 14.4. The van der Waals surface area contributed by atoms with Crippen LogP contribution < -0.4 is 65.9 Å². The predicted octanol–water partition coefficient (Wildman–Crippen LogP) is -2.37. The van der Waals surface area contributed by atoms with Gasteiger partial charge >= 0.3 is 11.9 Å². The van der Waals surface area contributed by atoms with Gasteiger partial charge in [-0.05, 0) is 79.2 Å². The zero-order chi connectivity index (χ0) is 57.1. The fourth-order valence-corrected chi connectivity index (χ4v) is 7.74. The van der Waals surface area contributed by atoms with E-state index in [0.717, 1.165) is 0 Å². The molecule has 0 spiro atoms. The first-order valence-corrected chi connectivity index (χ1v) is 26.0. The van der Waals surface area contributed by atoms with Crippen molar-refractivity contribution in [2.24, 2.45) is 50.5 Å². The Balaban J connectivity index is 2.54. The number of hydrogen-bond donors (Lipinski definition) is 15. The van der Waals surface area contributed by atoms with Crippen LogP contribution in [0.15, 0.2) is 64.6 Å². The third kappa shape index (κ3) is 24.1. The largest absolute Gasteiger partial charge is 0.508 e. The minimum Gasteiger partial charge on any atom is -0.508 e. The number of phenols is 1. The van der Waals surface area contributed by atoms with E-state index in [1.165, 1.54) is 36.0 Å². The number of aliphatic imine (C=N–C) groups is 2. The van der Waals surface area contributed by atoms with E-state index < -0.39 is 114 Å². The fraction of sp³-hybridized carbons (Fsp3) is 0.531. The van der Waals surface area contributed by atoms with Crippen LogP contribution in [-0.2, 0) is 56.0 Å². The van der Waals surface area contributed by atoms with Crippen molar-refractivity contribution in [1.82, 2.24) is 37.2 Å². The van der Waals surface area contributed by atoms with Crippen LogP contribution >= 0.6 is 11.8 Å². The molecule has 420 valence electrons. The van der Waals surface area contributed by atoms with Crippen molar-refractivity contribution in [3.05, 3.63) is 65.7 Å². The molecule has 8 atom stereocenters. The van der Waals surface area contributed by atoms with Crippen molar-refractivity contribution >= 4 is 77.0 Å². The van der Waals surface area contributed by atoms with E-state index in [9.17, 15) is 58.5 Å². The number of amides is 7. The van der Waals surface area contributed by atoms with Crippen molar-refractivity contribution in [3.8, 4) is 5.75 Å². The Hall–Kier alpha value is -7.68. The molecule has 7 amide bonds. The van der Waals surface area contributed by atoms with Crippen molar-refractivity contribution in [3.63, 3.8) is 0 Å². The summed E-state index contributed by atoms with van der Waals surface area (Å²) in [6, 6.07) is 3.05. The molecule has 0 radical (unpaired) electrons. The van der Waals surface area contributed by atoms with Crippen molar-refractivity contribution in [2.45, 2.75) is 127 Å². The lowest BCUT2D eigenvalue weighted by Crippen LogP contribution is -2.61. The lowest BCUT2D eigenvalue weighted by molar-refractivity contribution is -0.142. The molecule has 2 aromatic carbocycles. The van der Waals surface area contributed by atoms with Crippen molar-refractivity contribution in [1.29, 1.82) is 0 Å². The Morgan fingerprint density at radius 2 is 0.947 bits per heavy atom. The first kappa shape index (κ1) is 64.4. The summed E-state index contributed by atoms with van der Waals surface area (Å²) in [5.41, 5.74) is 29.1. The maximum absolute atomic E-state index is 14.4. The number of nitrogens with two attached hydrogens (primary N) is 5. The zero-order valence-corrected chi connectivity index (χ0v) is 44.3. The van der Waals surface area contributed by atoms with Crippen LogP contribution in [0.1, 0.15) is 77.3 Å². The molecular weight excluding hydrogens is 1010 g/mol. The number of carbonyl (C=O) groups is 9. The predicted molar refractivity (Wildman–Crippen MR) is 286 cm³/mol. The number of guanidine groups is 2. The topological polar surface area (TPSA) is 453 Å². The molecule has 0 bridgehead atoms. The summed E-state index contributed by atoms with van der Waals surface area (Å²) < 4.78 is 0. The highest BCUT2D eigenvalue weighted by Crippen LogP contribution is 2.14. The van der Waals surface area contributed by atoms with Gasteiger partial charge in [0.1, 0.15) is 48.0 Å². The van der Waals surface area contributed by atoms with Crippen LogP contribution in [0.2, 0.25) is 0 Å². The lowest BCUT2D eigenvalue weighted by atomic mass is 9.99. The number of nitrogens with one attached hydrogen (secondary N) is 7. The molecule has 0 unspecified atom stereocenters. The monoisotopic (exact) mass is 1080 g/mol. The van der Waals surface area contributed by atoms with Gasteiger partial charge in [0.25, 0.3) is 0 Å². The molecule has 2 aromatic rings. The number of nitrogens with zero attached hydrogens (tertiary/aromatic N) is 2. The van der Waals surface area contributed by atoms with E-state index in [4.69, 9.17) is 28.7 Å². The normalized spacial score (nSPS) is 14.2. The van der Waals surface area contributed by atoms with Crippen molar-refractivity contribution < 1.29 is 58.5 Å². The third-order valence-electron chi connectivity index (χ3n) is 11.6. The minimum absolute atomic E-state index is 0.00291. The molecule has 0 saturated heterocycles. The van der Waals surface area contributed by atoms with Gasteiger partial charge in [0.05, 0.1) is 12.5 Å². The summed E-state index contributed by atoms with van der Waals surface area (Å²) in [5.74, 6) is -10.2. The molecule has 76 heavy (non-hydrogen) atoms. The van der Waals surface area contributed by atoms with Crippen LogP contribution in [0.4, 0.5) is 0 Å². The number of thioether (sulfide) groups is 1. The SMILES string of the molecule is CSCC[C@H](NC(=O)[C@H](CC(=O)O)NC(=O)[C@@H](NC(=O)[C@@H](N)C(C)C)C(C)C)C(=O)N[C@@H](CCCN=C(N)N)C(=O)N[C@@H](CCCN=C(N)N)C(=O)N[C@@H](Cc1ccc(O)cc1)C(=O)N[C@@H](Cc1ccccc1)C(=O)O. The molecule has 20 N–H and O–H groups in total. The summed E-state index contributed by atoms with van der Waals surface area (Å²) in [6.45, 7) is 6.64. The minimum atomic E-state index is -1.75. The first-order valence-electron chi connectivity index (χ1n) is 24.6. The van der Waals surface area contributed by atoms with E-state index in [1.807, 2.05) is 0 Å². The quantitative estimate of drug-likeness (QED) is 0.0198. The van der Waals surface area contributed by atoms with Crippen molar-refractivity contribution in [2.75, 3.05) is 25.1 Å². The summed E-state index contributed by atoms with van der Waals surface area (Å²) in [6.07, 6.45) is 0.339. The van der Waals surface area contributed by atoms with Gasteiger partial charge in [-0.1, -0.05) is 70.2 Å². The summed E-state index contributed by atoms with van der Waals surface area (Å²) in [4.78, 5) is 130. The molecule has 27 heteroatoms. The number of carboxylic acids is 2. The van der Waals surface area contributed by atoms with Crippen LogP contribution in [-0.4, -0.2) is 154 Å². The average molecular weight is 1090 g/mol. The molecule has 26 nitrogen and oxygen atoms in total. The number of rotatable bonds is 34. The van der Waals surface area contributed by atoms with E-state index in [2.05, 4.69) is 47.2 Å². The number of hydrogen-bond acceptors (Lipinski definition) is 14. The standard InChI is InChI=1S/C49H76N14O12S/c1-26(2)38(50)45(72)63-39(27(3)4)46(73)61-35(25-37(65)66)44(71)59-33(19-22-76-5)42(69)58-31(13-9-20-55-48(51)52)40(67)57-32(14-10-21-56-49(53)54)41(68)60-34(23-29-15-17-30(64)18-16-29)43(70)62-36(47(74)75)24-28-11-7-6-8-12-28/h6-8,11-12,15-18,26-27,31-36,38-39,64H,9-10,13-14,19-25,50H2,1-5H3,(H,57,67)(H,58,69)(H,59,71)(H,60,68)(H,61,73)(H,62,70)(H,63,72)(H,65,66)(H,74,75)(H4,51,52,55)(H4,53,54,56)/t31-,32-,33-,34-,35-,36-,38-,39-/m0/s1. The molecule has 0 aliphatic heterocycles. The number of phenolic OH excluding ortho intramolecular Hbond substituents is 1. The number of benzene rings is 2. The third-order valence-corrected chi connectivity index (χ3v) is 12.2. The molecule has 0 heterocycles. The molecule has 0 fully saturated rings. The van der Waals surface area contributed by atoms with Gasteiger partial charge in [0, 0.05) is 25.9 Å².